The number of nitrogens with zero attached hydrogens (tertiary/aromatic N) is 1. The van der Waals surface area contributed by atoms with Crippen molar-refractivity contribution in [3.63, 3.8) is 0 Å². The molecule has 0 saturated carbocycles. The first-order chi connectivity index (χ1) is 9.74. The number of nitrogens with two attached hydrogens (primary N) is 1. The molecule has 1 heterocycles. The first-order valence-corrected chi connectivity index (χ1v) is 6.34. The number of ether oxygens (including phenoxy) is 1. The largest absolute Gasteiger partial charge is 0.481 e. The van der Waals surface area contributed by atoms with Gasteiger partial charge in [-0.05, 0) is 30.7 Å². The number of anilines is 1. The number of hydrogen-bond donors (Lipinski definition) is 2. The van der Waals surface area contributed by atoms with Gasteiger partial charge in [0.25, 0.3) is 5.91 Å². The van der Waals surface area contributed by atoms with Gasteiger partial charge in [0.05, 0.1) is 19.0 Å². The van der Waals surface area contributed by atoms with Crippen molar-refractivity contribution in [2.24, 2.45) is 5.73 Å². The molecule has 1 amide bonds. The summed E-state index contributed by atoms with van der Waals surface area (Å²) in [6.07, 6.45) is 2.23. The Hall–Kier alpha value is -2.40. The smallest absolute Gasteiger partial charge is 0.255 e. The van der Waals surface area contributed by atoms with Crippen LogP contribution in [0.1, 0.15) is 15.9 Å². The highest BCUT2D eigenvalue weighted by Crippen LogP contribution is 2.14. The molecule has 0 spiro atoms. The van der Waals surface area contributed by atoms with Crippen LogP contribution in [-0.2, 0) is 6.42 Å². The van der Waals surface area contributed by atoms with E-state index in [4.69, 9.17) is 10.5 Å². The summed E-state index contributed by atoms with van der Waals surface area (Å²) >= 11 is 0. The van der Waals surface area contributed by atoms with Crippen molar-refractivity contribution in [3.05, 3.63) is 53.7 Å². The van der Waals surface area contributed by atoms with Gasteiger partial charge in [-0.2, -0.15) is 0 Å². The number of pyridine rings is 1. The van der Waals surface area contributed by atoms with Crippen molar-refractivity contribution in [1.29, 1.82) is 0 Å². The molecular formula is C15H17N3O2. The van der Waals surface area contributed by atoms with Crippen molar-refractivity contribution in [1.82, 2.24) is 4.98 Å². The minimum absolute atomic E-state index is 0.166. The normalized spacial score (nSPS) is 10.1. The number of benzene rings is 1. The minimum atomic E-state index is -0.166. The third-order valence-electron chi connectivity index (χ3n) is 2.88. The van der Waals surface area contributed by atoms with E-state index in [1.165, 1.54) is 0 Å². The summed E-state index contributed by atoms with van der Waals surface area (Å²) in [6, 6.07) is 10.9. The number of amides is 1. The van der Waals surface area contributed by atoms with Gasteiger partial charge < -0.3 is 15.8 Å². The lowest BCUT2D eigenvalue weighted by Gasteiger charge is -2.09. The molecule has 0 bridgehead atoms. The molecule has 0 unspecified atom stereocenters. The Morgan fingerprint density at radius 2 is 2.10 bits per heavy atom. The van der Waals surface area contributed by atoms with Crippen LogP contribution in [0.25, 0.3) is 0 Å². The highest BCUT2D eigenvalue weighted by Gasteiger charge is 2.10. The number of aromatic nitrogens is 1. The van der Waals surface area contributed by atoms with Crippen LogP contribution in [0, 0.1) is 0 Å². The molecule has 2 aromatic rings. The van der Waals surface area contributed by atoms with E-state index in [9.17, 15) is 4.79 Å². The summed E-state index contributed by atoms with van der Waals surface area (Å²) in [5, 5.41) is 2.81. The summed E-state index contributed by atoms with van der Waals surface area (Å²) in [4.78, 5) is 16.3. The summed E-state index contributed by atoms with van der Waals surface area (Å²) in [7, 11) is 1.55. The van der Waals surface area contributed by atoms with Crippen LogP contribution in [0.4, 0.5) is 5.69 Å². The van der Waals surface area contributed by atoms with Crippen molar-refractivity contribution in [3.8, 4) is 5.88 Å². The van der Waals surface area contributed by atoms with Gasteiger partial charge in [0.15, 0.2) is 0 Å². The summed E-state index contributed by atoms with van der Waals surface area (Å²) in [5.74, 6) is 0.340. The fourth-order valence-electron chi connectivity index (χ4n) is 1.89. The maximum atomic E-state index is 12.3. The maximum Gasteiger partial charge on any atom is 0.255 e. The molecule has 0 fully saturated rings. The molecule has 20 heavy (non-hydrogen) atoms. The molecule has 0 radical (unpaired) electrons. The Kier molecular flexibility index (Phi) is 4.68. The minimum Gasteiger partial charge on any atom is -0.481 e. The van der Waals surface area contributed by atoms with Gasteiger partial charge in [-0.25, -0.2) is 4.98 Å². The molecule has 2 rings (SSSR count). The van der Waals surface area contributed by atoms with Gasteiger partial charge in [-0.1, -0.05) is 18.2 Å². The Balaban J connectivity index is 2.15. The van der Waals surface area contributed by atoms with Crippen LogP contribution >= 0.6 is 0 Å². The van der Waals surface area contributed by atoms with Crippen LogP contribution in [0.3, 0.4) is 0 Å². The first-order valence-electron chi connectivity index (χ1n) is 6.34. The first kappa shape index (κ1) is 14.0. The lowest BCUT2D eigenvalue weighted by atomic mass is 10.0. The highest BCUT2D eigenvalue weighted by molar-refractivity contribution is 6.05. The predicted molar refractivity (Wildman–Crippen MR) is 77.9 cm³/mol. The number of methoxy groups -OCH3 is 1. The van der Waals surface area contributed by atoms with Crippen LogP contribution in [0.15, 0.2) is 42.6 Å². The van der Waals surface area contributed by atoms with Gasteiger partial charge >= 0.3 is 0 Å². The second-order valence-corrected chi connectivity index (χ2v) is 4.24. The van der Waals surface area contributed by atoms with Gasteiger partial charge in [0, 0.05) is 11.6 Å². The van der Waals surface area contributed by atoms with Crippen molar-refractivity contribution in [2.45, 2.75) is 6.42 Å². The van der Waals surface area contributed by atoms with Crippen molar-refractivity contribution in [2.75, 3.05) is 19.0 Å². The van der Waals surface area contributed by atoms with E-state index < -0.39 is 0 Å². The quantitative estimate of drug-likeness (QED) is 0.870. The number of carbonyl (C=O) groups is 1. The Bertz CT molecular complexity index is 582. The van der Waals surface area contributed by atoms with Gasteiger partial charge in [-0.15, -0.1) is 0 Å². The van der Waals surface area contributed by atoms with E-state index in [0.717, 1.165) is 5.56 Å². The zero-order chi connectivity index (χ0) is 14.4. The number of nitrogens with one attached hydrogen (secondary N) is 1. The SMILES string of the molecule is COc1ccc(NC(=O)c2ccccc2CCN)cn1. The fraction of sp³-hybridized carbons (Fsp3) is 0.200. The molecular weight excluding hydrogens is 254 g/mol. The Morgan fingerprint density at radius 1 is 1.30 bits per heavy atom. The zero-order valence-electron chi connectivity index (χ0n) is 11.3. The van der Waals surface area contributed by atoms with Crippen molar-refractivity contribution >= 4 is 11.6 Å². The van der Waals surface area contributed by atoms with Crippen LogP contribution in [0.5, 0.6) is 5.88 Å². The van der Waals surface area contributed by atoms with Gasteiger partial charge in [-0.3, -0.25) is 4.79 Å². The average molecular weight is 271 g/mol. The molecule has 3 N–H and O–H groups in total. The molecule has 0 atom stereocenters. The second-order valence-electron chi connectivity index (χ2n) is 4.24. The standard InChI is InChI=1S/C15H17N3O2/c1-20-14-7-6-12(10-17-14)18-15(19)13-5-3-2-4-11(13)8-9-16/h2-7,10H,8-9,16H2,1H3,(H,18,19). The zero-order valence-corrected chi connectivity index (χ0v) is 11.3. The summed E-state index contributed by atoms with van der Waals surface area (Å²) in [6.45, 7) is 0.508. The third-order valence-corrected chi connectivity index (χ3v) is 2.88. The molecule has 104 valence electrons. The van der Waals surface area contributed by atoms with Crippen LogP contribution < -0.4 is 15.8 Å². The van der Waals surface area contributed by atoms with E-state index in [1.807, 2.05) is 18.2 Å². The van der Waals surface area contributed by atoms with Crippen molar-refractivity contribution < 1.29 is 9.53 Å². The monoisotopic (exact) mass is 271 g/mol. The molecule has 5 heteroatoms. The molecule has 1 aromatic heterocycles. The molecule has 5 nitrogen and oxygen atoms in total. The van der Waals surface area contributed by atoms with E-state index in [1.54, 1.807) is 31.5 Å². The third kappa shape index (κ3) is 3.33. The number of carbonyl (C=O) groups excluding carboxylic acids is 1. The Morgan fingerprint density at radius 3 is 2.75 bits per heavy atom. The van der Waals surface area contributed by atoms with E-state index in [2.05, 4.69) is 10.3 Å². The van der Waals surface area contributed by atoms with Crippen LogP contribution in [-0.4, -0.2) is 24.5 Å². The molecule has 0 aliphatic rings. The maximum absolute atomic E-state index is 12.3. The predicted octanol–water partition coefficient (Wildman–Crippen LogP) is 1.84. The van der Waals surface area contributed by atoms with E-state index in [0.29, 0.717) is 30.1 Å². The topological polar surface area (TPSA) is 77.2 Å². The number of rotatable bonds is 5. The molecule has 0 aliphatic heterocycles. The summed E-state index contributed by atoms with van der Waals surface area (Å²) < 4.78 is 4.97. The second kappa shape index (κ2) is 6.68. The van der Waals surface area contributed by atoms with Gasteiger partial charge in [0.2, 0.25) is 5.88 Å². The lowest BCUT2D eigenvalue weighted by Crippen LogP contribution is -2.16. The fourth-order valence-corrected chi connectivity index (χ4v) is 1.89. The molecule has 0 aliphatic carbocycles. The number of hydrogen-bond acceptors (Lipinski definition) is 4. The van der Waals surface area contributed by atoms with E-state index in [-0.39, 0.29) is 5.91 Å². The highest BCUT2D eigenvalue weighted by atomic mass is 16.5. The van der Waals surface area contributed by atoms with E-state index >= 15 is 0 Å². The Labute approximate surface area is 117 Å². The van der Waals surface area contributed by atoms with Gasteiger partial charge in [0.1, 0.15) is 0 Å². The lowest BCUT2D eigenvalue weighted by molar-refractivity contribution is 0.102. The summed E-state index contributed by atoms with van der Waals surface area (Å²) in [5.41, 5.74) is 7.75. The molecule has 0 saturated heterocycles. The average Bonchev–Trinajstić information content (AvgIpc) is 2.49. The van der Waals surface area contributed by atoms with Crippen LogP contribution in [0.2, 0.25) is 0 Å². The molecule has 1 aromatic carbocycles.